The van der Waals surface area contributed by atoms with Gasteiger partial charge in [-0.05, 0) is 5.92 Å². The maximum Gasteiger partial charge on any atom is 0.136 e. The summed E-state index contributed by atoms with van der Waals surface area (Å²) in [7, 11) is 0. The third-order valence-corrected chi connectivity index (χ3v) is 1.58. The number of rotatable bonds is 3. The summed E-state index contributed by atoms with van der Waals surface area (Å²) in [4.78, 5) is 3.79. The van der Waals surface area contributed by atoms with E-state index in [1.165, 1.54) is 6.20 Å². The molecule has 0 aromatic carbocycles. The Kier molecular flexibility index (Phi) is 4.44. The van der Waals surface area contributed by atoms with Gasteiger partial charge in [-0.1, -0.05) is 32.0 Å². The highest BCUT2D eigenvalue weighted by Gasteiger charge is 2.07. The average Bonchev–Trinajstić information content (AvgIpc) is 1.85. The van der Waals surface area contributed by atoms with Gasteiger partial charge in [0.1, 0.15) is 11.0 Å². The molecule has 0 spiro atoms. The van der Waals surface area contributed by atoms with Gasteiger partial charge in [-0.15, -0.1) is 0 Å². The first-order valence-corrected chi connectivity index (χ1v) is 3.97. The fourth-order valence-electron chi connectivity index (χ4n) is 0.690. The van der Waals surface area contributed by atoms with Gasteiger partial charge in [-0.2, -0.15) is 0 Å². The lowest BCUT2D eigenvalue weighted by Gasteiger charge is -2.07. The van der Waals surface area contributed by atoms with Gasteiger partial charge < -0.3 is 11.5 Å². The minimum atomic E-state index is 0.181. The molecule has 0 aliphatic rings. The van der Waals surface area contributed by atoms with Crippen molar-refractivity contribution >= 4 is 16.8 Å². The van der Waals surface area contributed by atoms with E-state index in [0.29, 0.717) is 5.17 Å². The van der Waals surface area contributed by atoms with E-state index in [2.05, 4.69) is 11.6 Å². The molecule has 4 heteroatoms. The summed E-state index contributed by atoms with van der Waals surface area (Å²) in [6.07, 6.45) is 1.43. The molecule has 0 atom stereocenters. The highest BCUT2D eigenvalue weighted by Crippen LogP contribution is 2.13. The van der Waals surface area contributed by atoms with Crippen molar-refractivity contribution in [2.45, 2.75) is 13.8 Å². The zero-order chi connectivity index (χ0) is 9.72. The van der Waals surface area contributed by atoms with E-state index in [4.69, 9.17) is 23.1 Å². The Morgan fingerprint density at radius 1 is 1.58 bits per heavy atom. The second kappa shape index (κ2) is 4.83. The van der Waals surface area contributed by atoms with Gasteiger partial charge in [-0.25, -0.2) is 4.99 Å². The van der Waals surface area contributed by atoms with Gasteiger partial charge in [0, 0.05) is 11.8 Å². The Bertz CT molecular complexity index is 228. The standard InChI is InChI=1S/C8H14ClN3/c1-5(2)7(4-10)8(9)12-6(3)11/h4-5H,3,10-11H2,1-2H3/b7-4-,12-8+. The number of halogens is 1. The highest BCUT2D eigenvalue weighted by molar-refractivity contribution is 6.69. The van der Waals surface area contributed by atoms with Crippen LogP contribution < -0.4 is 11.5 Å². The summed E-state index contributed by atoms with van der Waals surface area (Å²) in [5, 5.41) is 0.306. The third-order valence-electron chi connectivity index (χ3n) is 1.28. The van der Waals surface area contributed by atoms with Crippen molar-refractivity contribution in [2.24, 2.45) is 22.4 Å². The summed E-state index contributed by atoms with van der Waals surface area (Å²) in [6, 6.07) is 0. The van der Waals surface area contributed by atoms with Crippen molar-refractivity contribution in [3.05, 3.63) is 24.2 Å². The van der Waals surface area contributed by atoms with Gasteiger partial charge in [-0.3, -0.25) is 0 Å². The van der Waals surface area contributed by atoms with Crippen molar-refractivity contribution in [3.8, 4) is 0 Å². The molecule has 0 aliphatic heterocycles. The van der Waals surface area contributed by atoms with Crippen LogP contribution in [0.3, 0.4) is 0 Å². The summed E-state index contributed by atoms with van der Waals surface area (Å²) < 4.78 is 0. The lowest BCUT2D eigenvalue weighted by molar-refractivity contribution is 0.801. The van der Waals surface area contributed by atoms with Crippen molar-refractivity contribution in [1.29, 1.82) is 0 Å². The minimum absolute atomic E-state index is 0.181. The summed E-state index contributed by atoms with van der Waals surface area (Å²) in [6.45, 7) is 7.35. The predicted octanol–water partition coefficient (Wildman–Crippen LogP) is 1.55. The molecule has 4 N–H and O–H groups in total. The van der Waals surface area contributed by atoms with Crippen LogP contribution in [-0.2, 0) is 0 Å². The normalized spacial score (nSPS) is 13.7. The zero-order valence-electron chi connectivity index (χ0n) is 7.34. The zero-order valence-corrected chi connectivity index (χ0v) is 8.10. The van der Waals surface area contributed by atoms with E-state index < -0.39 is 0 Å². The van der Waals surface area contributed by atoms with E-state index in [0.717, 1.165) is 5.57 Å². The van der Waals surface area contributed by atoms with Gasteiger partial charge in [0.05, 0.1) is 0 Å². The molecule has 0 rings (SSSR count). The Balaban J connectivity index is 4.66. The van der Waals surface area contributed by atoms with E-state index in [9.17, 15) is 0 Å². The summed E-state index contributed by atoms with van der Waals surface area (Å²) >= 11 is 5.80. The van der Waals surface area contributed by atoms with Crippen LogP contribution in [0.2, 0.25) is 0 Å². The van der Waals surface area contributed by atoms with Crippen molar-refractivity contribution in [2.75, 3.05) is 0 Å². The highest BCUT2D eigenvalue weighted by atomic mass is 35.5. The smallest absolute Gasteiger partial charge is 0.136 e. The summed E-state index contributed by atoms with van der Waals surface area (Å²) in [5.41, 5.74) is 11.4. The fourth-order valence-corrected chi connectivity index (χ4v) is 1.08. The number of hydrogen-bond acceptors (Lipinski definition) is 3. The lowest BCUT2D eigenvalue weighted by atomic mass is 10.1. The third kappa shape index (κ3) is 3.44. The van der Waals surface area contributed by atoms with E-state index in [1.807, 2.05) is 13.8 Å². The van der Waals surface area contributed by atoms with E-state index in [-0.39, 0.29) is 11.7 Å². The Labute approximate surface area is 77.8 Å². The number of aliphatic imine (C=N–C) groups is 1. The van der Waals surface area contributed by atoms with Crippen LogP contribution in [0.4, 0.5) is 0 Å². The first-order chi connectivity index (χ1) is 5.49. The molecular formula is C8H14ClN3. The SMILES string of the molecule is C=C(N)/N=C(Cl)\C(=C/N)C(C)C. The van der Waals surface area contributed by atoms with Crippen molar-refractivity contribution in [1.82, 2.24) is 0 Å². The Hall–Kier alpha value is -0.960. The molecule has 12 heavy (non-hydrogen) atoms. The number of allylic oxidation sites excluding steroid dienone is 1. The molecule has 0 fully saturated rings. The number of nitrogens with zero attached hydrogens (tertiary/aromatic N) is 1. The van der Waals surface area contributed by atoms with Crippen LogP contribution in [0.15, 0.2) is 29.2 Å². The monoisotopic (exact) mass is 187 g/mol. The molecule has 0 unspecified atom stereocenters. The van der Waals surface area contributed by atoms with Crippen LogP contribution in [0.5, 0.6) is 0 Å². The quantitative estimate of drug-likeness (QED) is 0.659. The largest absolute Gasteiger partial charge is 0.404 e. The number of hydrogen-bond donors (Lipinski definition) is 2. The molecule has 0 heterocycles. The molecule has 0 amide bonds. The first kappa shape index (κ1) is 11.0. The lowest BCUT2D eigenvalue weighted by Crippen LogP contribution is -2.06. The second-order valence-corrected chi connectivity index (χ2v) is 3.03. The fraction of sp³-hybridized carbons (Fsp3) is 0.375. The maximum absolute atomic E-state index is 5.80. The van der Waals surface area contributed by atoms with E-state index >= 15 is 0 Å². The maximum atomic E-state index is 5.80. The first-order valence-electron chi connectivity index (χ1n) is 3.59. The molecule has 0 bridgehead atoms. The molecular weight excluding hydrogens is 174 g/mol. The molecule has 0 aromatic rings. The molecule has 0 saturated heterocycles. The van der Waals surface area contributed by atoms with Gasteiger partial charge >= 0.3 is 0 Å². The van der Waals surface area contributed by atoms with Gasteiger partial charge in [0.15, 0.2) is 0 Å². The molecule has 0 aromatic heterocycles. The Morgan fingerprint density at radius 3 is 2.33 bits per heavy atom. The van der Waals surface area contributed by atoms with Crippen LogP contribution in [0.25, 0.3) is 0 Å². The topological polar surface area (TPSA) is 64.4 Å². The average molecular weight is 188 g/mol. The predicted molar refractivity (Wildman–Crippen MR) is 53.7 cm³/mol. The van der Waals surface area contributed by atoms with Crippen LogP contribution >= 0.6 is 11.6 Å². The van der Waals surface area contributed by atoms with Crippen LogP contribution in [0, 0.1) is 5.92 Å². The van der Waals surface area contributed by atoms with Crippen LogP contribution in [-0.4, -0.2) is 5.17 Å². The van der Waals surface area contributed by atoms with Gasteiger partial charge in [0.2, 0.25) is 0 Å². The second-order valence-electron chi connectivity index (χ2n) is 2.67. The van der Waals surface area contributed by atoms with Gasteiger partial charge in [0.25, 0.3) is 0 Å². The Morgan fingerprint density at radius 2 is 2.08 bits per heavy atom. The molecule has 0 radical (unpaired) electrons. The van der Waals surface area contributed by atoms with Crippen molar-refractivity contribution < 1.29 is 0 Å². The van der Waals surface area contributed by atoms with E-state index in [1.54, 1.807) is 0 Å². The molecule has 68 valence electrons. The number of nitrogens with two attached hydrogens (primary N) is 2. The molecule has 0 aliphatic carbocycles. The van der Waals surface area contributed by atoms with Crippen molar-refractivity contribution in [3.63, 3.8) is 0 Å². The molecule has 0 saturated carbocycles. The minimum Gasteiger partial charge on any atom is -0.404 e. The molecule has 3 nitrogen and oxygen atoms in total. The summed E-state index contributed by atoms with van der Waals surface area (Å²) in [5.74, 6) is 0.408. The van der Waals surface area contributed by atoms with Crippen LogP contribution in [0.1, 0.15) is 13.8 Å².